The summed E-state index contributed by atoms with van der Waals surface area (Å²) in [6.45, 7) is 8.61. The van der Waals surface area contributed by atoms with Gasteiger partial charge in [-0.05, 0) is 26.7 Å². The van der Waals surface area contributed by atoms with Crippen molar-refractivity contribution in [2.75, 3.05) is 6.54 Å². The number of aliphatic imine (C=N–C) groups is 1. The van der Waals surface area contributed by atoms with Gasteiger partial charge in [-0.1, -0.05) is 13.8 Å². The molecule has 0 aromatic heterocycles. The Morgan fingerprint density at radius 1 is 1.25 bits per heavy atom. The summed E-state index contributed by atoms with van der Waals surface area (Å²) in [6.07, 6.45) is 1.50. The zero-order chi connectivity index (χ0) is 8.91. The predicted molar refractivity (Wildman–Crippen MR) is 49.2 cm³/mol. The van der Waals surface area contributed by atoms with Crippen LogP contribution in [-0.2, 0) is 0 Å². The first kappa shape index (κ1) is 15.4. The molecule has 0 unspecified atom stereocenters. The van der Waals surface area contributed by atoms with Gasteiger partial charge in [0.25, 0.3) is 0 Å². The van der Waals surface area contributed by atoms with Gasteiger partial charge in [0.1, 0.15) is 5.60 Å². The molecule has 0 aliphatic carbocycles. The summed E-state index contributed by atoms with van der Waals surface area (Å²) in [4.78, 5) is 4.20. The van der Waals surface area contributed by atoms with Crippen LogP contribution >= 0.6 is 0 Å². The quantitative estimate of drug-likeness (QED) is 0.791. The van der Waals surface area contributed by atoms with Crippen LogP contribution < -0.4 is 0 Å². The Hall–Kier alpha value is 0.916. The van der Waals surface area contributed by atoms with Crippen LogP contribution in [0.15, 0.2) is 4.99 Å². The molecule has 75 valence electrons. The van der Waals surface area contributed by atoms with Crippen LogP contribution in [0.1, 0.15) is 40.5 Å². The van der Waals surface area contributed by atoms with Gasteiger partial charge < -0.3 is 5.11 Å². The van der Waals surface area contributed by atoms with E-state index in [2.05, 4.69) is 4.99 Å². The molecule has 1 N–H and O–H groups in total. The average molecular weight is 316 g/mol. The van der Waals surface area contributed by atoms with Crippen molar-refractivity contribution in [2.24, 2.45) is 4.99 Å². The summed E-state index contributed by atoms with van der Waals surface area (Å²) in [7, 11) is 0. The molecule has 2 nitrogen and oxygen atoms in total. The van der Waals surface area contributed by atoms with Crippen LogP contribution in [0.2, 0.25) is 0 Å². The van der Waals surface area contributed by atoms with Crippen molar-refractivity contribution < 1.29 is 43.7 Å². The summed E-state index contributed by atoms with van der Waals surface area (Å²) in [5.74, 6) is 0. The molecule has 0 saturated heterocycles. The van der Waals surface area contributed by atoms with Gasteiger partial charge in [0.05, 0.1) is 0 Å². The van der Waals surface area contributed by atoms with Crippen LogP contribution in [0.25, 0.3) is 0 Å². The predicted octanol–water partition coefficient (Wildman–Crippen LogP) is 2.02. The third-order valence-corrected chi connectivity index (χ3v) is 2.24. The number of hydrogen-bond acceptors (Lipinski definition) is 2. The van der Waals surface area contributed by atoms with E-state index >= 15 is 0 Å². The van der Waals surface area contributed by atoms with E-state index in [1.54, 1.807) is 0 Å². The summed E-state index contributed by atoms with van der Waals surface area (Å²) in [5, 5.41) is 9.90. The minimum Gasteiger partial charge on any atom is -0.384 e. The van der Waals surface area contributed by atoms with Crippen molar-refractivity contribution in [3.05, 3.63) is 0 Å². The Balaban J connectivity index is 0. The van der Waals surface area contributed by atoms with E-state index in [1.165, 1.54) is 0 Å². The first-order valence-electron chi connectivity index (χ1n) is 4.34. The van der Waals surface area contributed by atoms with E-state index in [-0.39, 0.29) is 38.6 Å². The Labute approximate surface area is 106 Å². The van der Waals surface area contributed by atoms with Gasteiger partial charge in [-0.2, -0.15) is 0 Å². The Kier molecular flexibility index (Phi) is 9.40. The normalized spacial score (nSPS) is 12.6. The van der Waals surface area contributed by atoms with Crippen molar-refractivity contribution in [1.82, 2.24) is 0 Å². The molecule has 0 bridgehead atoms. The molecule has 0 aliphatic heterocycles. The maximum Gasteiger partial charge on any atom is 0.101 e. The summed E-state index contributed by atoms with van der Waals surface area (Å²) >= 11 is 0. The molecule has 0 amide bonds. The molecule has 0 saturated carbocycles. The molecule has 0 aromatic rings. The van der Waals surface area contributed by atoms with Crippen molar-refractivity contribution >= 4 is 5.71 Å². The van der Waals surface area contributed by atoms with Gasteiger partial charge in [-0.25, -0.2) is 0 Å². The number of nitrogens with zero attached hydrogens (tertiary/aromatic N) is 1. The van der Waals surface area contributed by atoms with Crippen LogP contribution in [0.5, 0.6) is 0 Å². The molecule has 0 rings (SSSR count). The molecule has 0 spiro atoms. The van der Waals surface area contributed by atoms with Crippen molar-refractivity contribution in [2.45, 2.75) is 46.1 Å². The van der Waals surface area contributed by atoms with Gasteiger partial charge in [0.15, 0.2) is 0 Å². The second-order valence-corrected chi connectivity index (χ2v) is 2.80. The largest absolute Gasteiger partial charge is 0.384 e. The van der Waals surface area contributed by atoms with Gasteiger partial charge in [-0.3, -0.25) is 4.99 Å². The van der Waals surface area contributed by atoms with Crippen molar-refractivity contribution in [1.29, 1.82) is 0 Å². The minimum absolute atomic E-state index is 0. The Morgan fingerprint density at radius 3 is 1.92 bits per heavy atom. The molecule has 0 fully saturated rings. The molecule has 12 heavy (non-hydrogen) atoms. The van der Waals surface area contributed by atoms with E-state index < -0.39 is 5.60 Å². The topological polar surface area (TPSA) is 32.6 Å². The zero-order valence-electron chi connectivity index (χ0n) is 8.35. The number of aliphatic hydroxyl groups is 1. The van der Waals surface area contributed by atoms with Crippen LogP contribution in [0, 0.1) is 38.6 Å². The molecule has 0 heterocycles. The molecule has 3 heteroatoms. The maximum absolute atomic E-state index is 9.90. The fraction of sp³-hybridized carbons (Fsp3) is 0.889. The van der Waals surface area contributed by atoms with E-state index in [0.717, 1.165) is 25.1 Å². The molecular weight excluding hydrogens is 297 g/mol. The fourth-order valence-electron chi connectivity index (χ4n) is 1.15. The van der Waals surface area contributed by atoms with Crippen molar-refractivity contribution in [3.8, 4) is 0 Å². The molecule has 1 radical (unpaired) electrons. The van der Waals surface area contributed by atoms with Gasteiger partial charge >= 0.3 is 0 Å². The molecular formula is C9H19NOTb. The van der Waals surface area contributed by atoms with E-state index in [0.29, 0.717) is 0 Å². The van der Waals surface area contributed by atoms with Gasteiger partial charge in [-0.15, -0.1) is 0 Å². The second-order valence-electron chi connectivity index (χ2n) is 2.80. The first-order valence-corrected chi connectivity index (χ1v) is 4.34. The standard InChI is InChI=1S/C9H19NO.Tb/c1-5-9(11,6-2)8(4)10-7-3;/h11H,5-7H2,1-4H3;. The average Bonchev–Trinajstić information content (AvgIpc) is 2.03. The third-order valence-electron chi connectivity index (χ3n) is 2.24. The van der Waals surface area contributed by atoms with Crippen LogP contribution in [0.3, 0.4) is 0 Å². The summed E-state index contributed by atoms with van der Waals surface area (Å²) in [6, 6.07) is 0. The van der Waals surface area contributed by atoms with Crippen LogP contribution in [-0.4, -0.2) is 23.0 Å². The molecule has 0 aliphatic rings. The maximum atomic E-state index is 9.90. The Bertz CT molecular complexity index is 141. The van der Waals surface area contributed by atoms with Crippen molar-refractivity contribution in [3.63, 3.8) is 0 Å². The number of rotatable bonds is 4. The van der Waals surface area contributed by atoms with E-state index in [9.17, 15) is 5.11 Å². The van der Waals surface area contributed by atoms with Gasteiger partial charge in [0, 0.05) is 50.9 Å². The smallest absolute Gasteiger partial charge is 0.101 e. The minimum atomic E-state index is -0.657. The summed E-state index contributed by atoms with van der Waals surface area (Å²) in [5.41, 5.74) is 0.209. The molecule has 0 aromatic carbocycles. The fourth-order valence-corrected chi connectivity index (χ4v) is 1.15. The SMILES string of the molecule is CCN=C(C)C(O)(CC)CC.[Tb]. The second kappa shape index (κ2) is 7.33. The monoisotopic (exact) mass is 316 g/mol. The zero-order valence-corrected chi connectivity index (χ0v) is 10.5. The number of hydrogen-bond donors (Lipinski definition) is 1. The molecule has 0 atom stereocenters. The van der Waals surface area contributed by atoms with E-state index in [1.807, 2.05) is 27.7 Å². The summed E-state index contributed by atoms with van der Waals surface area (Å²) < 4.78 is 0. The first-order chi connectivity index (χ1) is 5.10. The van der Waals surface area contributed by atoms with E-state index in [4.69, 9.17) is 0 Å². The third kappa shape index (κ3) is 4.24. The van der Waals surface area contributed by atoms with Crippen LogP contribution in [0.4, 0.5) is 0 Å². The van der Waals surface area contributed by atoms with Gasteiger partial charge in [0.2, 0.25) is 0 Å². The Morgan fingerprint density at radius 2 is 1.67 bits per heavy atom.